The van der Waals surface area contributed by atoms with E-state index in [0.29, 0.717) is 5.69 Å². The number of aromatic amines is 1. The third-order valence-electron chi connectivity index (χ3n) is 2.23. The Hall–Kier alpha value is -1.60. The summed E-state index contributed by atoms with van der Waals surface area (Å²) in [5.74, 6) is 0. The minimum absolute atomic E-state index is 0.161. The molecule has 92 valence electrons. The van der Waals surface area contributed by atoms with Crippen molar-refractivity contribution in [1.82, 2.24) is 14.9 Å². The van der Waals surface area contributed by atoms with Gasteiger partial charge in [0.2, 0.25) is 4.77 Å². The molecule has 0 aliphatic heterocycles. The van der Waals surface area contributed by atoms with Crippen molar-refractivity contribution in [3.63, 3.8) is 0 Å². The first-order valence-corrected chi connectivity index (χ1v) is 6.27. The van der Waals surface area contributed by atoms with Gasteiger partial charge >= 0.3 is 0 Å². The van der Waals surface area contributed by atoms with Crippen LogP contribution in [0.4, 0.5) is 0 Å². The number of benzene rings is 1. The highest BCUT2D eigenvalue weighted by atomic mass is 79.9. The lowest BCUT2D eigenvalue weighted by atomic mass is 10.2. The Morgan fingerprint density at radius 1 is 1.50 bits per heavy atom. The summed E-state index contributed by atoms with van der Waals surface area (Å²) in [5, 5.41) is 10.4. The Morgan fingerprint density at radius 3 is 2.94 bits per heavy atom. The molecule has 18 heavy (non-hydrogen) atoms. The maximum atomic E-state index is 11.8. The number of aromatic nitrogens is 3. The minimum Gasteiger partial charge on any atom is -0.265 e. The molecule has 0 saturated carbocycles. The van der Waals surface area contributed by atoms with E-state index in [4.69, 9.17) is 12.2 Å². The Balaban J connectivity index is 2.48. The van der Waals surface area contributed by atoms with Gasteiger partial charge in [-0.1, -0.05) is 34.1 Å². The molecule has 2 rings (SSSR count). The number of hydrogen-bond acceptors (Lipinski definition) is 4. The van der Waals surface area contributed by atoms with E-state index in [-0.39, 0.29) is 10.3 Å². The fourth-order valence-corrected chi connectivity index (χ4v) is 1.84. The third kappa shape index (κ3) is 2.62. The topological polar surface area (TPSA) is 63.0 Å². The van der Waals surface area contributed by atoms with Crippen molar-refractivity contribution in [3.05, 3.63) is 55.1 Å². The Morgan fingerprint density at radius 2 is 2.22 bits per heavy atom. The molecule has 1 N–H and O–H groups in total. The van der Waals surface area contributed by atoms with E-state index in [9.17, 15) is 4.79 Å². The lowest BCUT2D eigenvalue weighted by Gasteiger charge is -2.00. The average molecular weight is 325 g/mol. The Kier molecular flexibility index (Phi) is 3.83. The highest BCUT2D eigenvalue weighted by Crippen LogP contribution is 2.13. The van der Waals surface area contributed by atoms with Crippen LogP contribution < -0.4 is 5.56 Å². The fraction of sp³-hybridized carbons (Fsp3) is 0.0909. The molecule has 2 aromatic rings. The van der Waals surface area contributed by atoms with Gasteiger partial charge in [0, 0.05) is 10.0 Å². The van der Waals surface area contributed by atoms with Gasteiger partial charge in [-0.2, -0.15) is 14.9 Å². The smallest absolute Gasteiger partial charge is 0.265 e. The zero-order valence-corrected chi connectivity index (χ0v) is 11.8. The average Bonchev–Trinajstić information content (AvgIpc) is 2.36. The van der Waals surface area contributed by atoms with Crippen LogP contribution >= 0.6 is 28.1 Å². The molecule has 0 saturated heterocycles. The van der Waals surface area contributed by atoms with Crippen molar-refractivity contribution in [1.29, 1.82) is 0 Å². The number of nitrogens with one attached hydrogen (secondary N) is 1. The van der Waals surface area contributed by atoms with Gasteiger partial charge in [0.15, 0.2) is 0 Å². The van der Waals surface area contributed by atoms with Crippen LogP contribution in [-0.4, -0.2) is 21.1 Å². The van der Waals surface area contributed by atoms with Gasteiger partial charge in [0.1, 0.15) is 5.69 Å². The number of aryl methyl sites for hydroxylation is 1. The molecule has 0 fully saturated rings. The van der Waals surface area contributed by atoms with Crippen LogP contribution in [0.3, 0.4) is 0 Å². The summed E-state index contributed by atoms with van der Waals surface area (Å²) in [6.07, 6.45) is 1.56. The summed E-state index contributed by atoms with van der Waals surface area (Å²) >= 11 is 8.36. The molecule has 0 spiro atoms. The zero-order valence-electron chi connectivity index (χ0n) is 9.42. The second-order valence-electron chi connectivity index (χ2n) is 3.50. The van der Waals surface area contributed by atoms with Gasteiger partial charge < -0.3 is 0 Å². The van der Waals surface area contributed by atoms with Crippen LogP contribution in [0.5, 0.6) is 0 Å². The van der Waals surface area contributed by atoms with Crippen molar-refractivity contribution in [2.75, 3.05) is 0 Å². The molecule has 1 heterocycles. The molecule has 0 aliphatic carbocycles. The van der Waals surface area contributed by atoms with Crippen LogP contribution in [0.1, 0.15) is 11.3 Å². The number of H-pyrrole nitrogens is 1. The molecular weight excluding hydrogens is 316 g/mol. The first-order chi connectivity index (χ1) is 8.59. The van der Waals surface area contributed by atoms with Crippen LogP contribution in [0.25, 0.3) is 0 Å². The van der Waals surface area contributed by atoms with Gasteiger partial charge in [0.25, 0.3) is 5.56 Å². The Labute approximate surface area is 116 Å². The molecule has 7 heteroatoms. The quantitative estimate of drug-likeness (QED) is 0.680. The van der Waals surface area contributed by atoms with Crippen molar-refractivity contribution in [3.8, 4) is 0 Å². The first kappa shape index (κ1) is 12.8. The predicted octanol–water partition coefficient (Wildman–Crippen LogP) is 2.25. The molecule has 0 aliphatic rings. The van der Waals surface area contributed by atoms with Crippen LogP contribution in [0, 0.1) is 11.7 Å². The summed E-state index contributed by atoms with van der Waals surface area (Å²) in [6, 6.07) is 7.55. The molecule has 1 aromatic heterocycles. The summed E-state index contributed by atoms with van der Waals surface area (Å²) in [6.45, 7) is 1.60. The number of nitrogens with zero attached hydrogens (tertiary/aromatic N) is 3. The SMILES string of the molecule is Cc1n[nH]c(=S)n(N=Cc2ccccc2Br)c1=O. The number of hydrogen-bond donors (Lipinski definition) is 1. The van der Waals surface area contributed by atoms with E-state index in [1.165, 1.54) is 0 Å². The molecular formula is C11H9BrN4OS. The van der Waals surface area contributed by atoms with Crippen molar-refractivity contribution < 1.29 is 0 Å². The van der Waals surface area contributed by atoms with Gasteiger partial charge in [-0.05, 0) is 25.2 Å². The maximum absolute atomic E-state index is 11.8. The highest BCUT2D eigenvalue weighted by molar-refractivity contribution is 9.10. The maximum Gasteiger partial charge on any atom is 0.296 e. The van der Waals surface area contributed by atoms with Crippen molar-refractivity contribution >= 4 is 34.4 Å². The van der Waals surface area contributed by atoms with E-state index >= 15 is 0 Å². The van der Waals surface area contributed by atoms with E-state index in [1.807, 2.05) is 24.3 Å². The van der Waals surface area contributed by atoms with E-state index in [0.717, 1.165) is 14.7 Å². The van der Waals surface area contributed by atoms with Crippen molar-refractivity contribution in [2.45, 2.75) is 6.92 Å². The molecule has 0 amide bonds. The predicted molar refractivity (Wildman–Crippen MR) is 75.6 cm³/mol. The number of halogens is 1. The lowest BCUT2D eigenvalue weighted by Crippen LogP contribution is -2.22. The normalized spacial score (nSPS) is 11.0. The number of rotatable bonds is 2. The monoisotopic (exact) mass is 324 g/mol. The molecule has 1 aromatic carbocycles. The third-order valence-corrected chi connectivity index (χ3v) is 3.22. The largest absolute Gasteiger partial charge is 0.296 e. The first-order valence-electron chi connectivity index (χ1n) is 5.07. The minimum atomic E-state index is -0.331. The van der Waals surface area contributed by atoms with Gasteiger partial charge in [-0.15, -0.1) is 0 Å². The fourth-order valence-electron chi connectivity index (χ4n) is 1.28. The van der Waals surface area contributed by atoms with Crippen LogP contribution in [-0.2, 0) is 0 Å². The molecule has 0 unspecified atom stereocenters. The second-order valence-corrected chi connectivity index (χ2v) is 4.74. The summed E-state index contributed by atoms with van der Waals surface area (Å²) in [7, 11) is 0. The summed E-state index contributed by atoms with van der Waals surface area (Å²) < 4.78 is 2.16. The second kappa shape index (κ2) is 5.36. The standard InChI is InChI=1S/C11H9BrN4OS/c1-7-10(17)16(11(18)15-14-7)13-6-8-4-2-3-5-9(8)12/h2-6H,1H3,(H,15,18). The summed E-state index contributed by atoms with van der Waals surface area (Å²) in [4.78, 5) is 11.8. The van der Waals surface area contributed by atoms with E-state index in [2.05, 4.69) is 31.2 Å². The van der Waals surface area contributed by atoms with E-state index < -0.39 is 0 Å². The molecule has 5 nitrogen and oxygen atoms in total. The van der Waals surface area contributed by atoms with Gasteiger partial charge in [-0.3, -0.25) is 9.89 Å². The molecule has 0 radical (unpaired) electrons. The van der Waals surface area contributed by atoms with Crippen LogP contribution in [0.2, 0.25) is 0 Å². The van der Waals surface area contributed by atoms with Crippen LogP contribution in [0.15, 0.2) is 38.6 Å². The lowest BCUT2D eigenvalue weighted by molar-refractivity contribution is 0.720. The summed E-state index contributed by atoms with van der Waals surface area (Å²) in [5.41, 5.74) is 0.836. The Bertz CT molecular complexity index is 719. The van der Waals surface area contributed by atoms with Gasteiger partial charge in [0.05, 0.1) is 6.21 Å². The molecule has 0 bridgehead atoms. The zero-order chi connectivity index (χ0) is 13.1. The van der Waals surface area contributed by atoms with E-state index in [1.54, 1.807) is 13.1 Å². The van der Waals surface area contributed by atoms with Crippen molar-refractivity contribution in [2.24, 2.45) is 5.10 Å². The highest BCUT2D eigenvalue weighted by Gasteiger charge is 2.01. The molecule has 0 atom stereocenters. The van der Waals surface area contributed by atoms with Gasteiger partial charge in [-0.25, -0.2) is 0 Å².